The van der Waals surface area contributed by atoms with E-state index < -0.39 is 0 Å². The second-order valence-corrected chi connectivity index (χ2v) is 8.72. The minimum atomic E-state index is -0.0313. The van der Waals surface area contributed by atoms with Crippen LogP contribution in [0, 0.1) is 6.92 Å². The first kappa shape index (κ1) is 21.2. The van der Waals surface area contributed by atoms with Crippen LogP contribution >= 0.6 is 0 Å². The molecule has 5 rings (SSSR count). The fourth-order valence-corrected chi connectivity index (χ4v) is 4.71. The van der Waals surface area contributed by atoms with Crippen molar-refractivity contribution in [2.24, 2.45) is 0 Å². The first-order valence-corrected chi connectivity index (χ1v) is 11.5. The third-order valence-corrected chi connectivity index (χ3v) is 6.57. The molecular formula is C26H27N5O2. The van der Waals surface area contributed by atoms with E-state index in [4.69, 9.17) is 9.97 Å². The normalized spacial score (nSPS) is 16.6. The van der Waals surface area contributed by atoms with Crippen molar-refractivity contribution in [3.05, 3.63) is 83.1 Å². The summed E-state index contributed by atoms with van der Waals surface area (Å²) in [5.74, 6) is 1.77. The van der Waals surface area contributed by atoms with Gasteiger partial charge in [0.1, 0.15) is 17.3 Å². The Balaban J connectivity index is 1.36. The van der Waals surface area contributed by atoms with Gasteiger partial charge in [0.15, 0.2) is 0 Å². The Kier molecular flexibility index (Phi) is 5.86. The summed E-state index contributed by atoms with van der Waals surface area (Å²) in [6.45, 7) is 3.82. The molecule has 2 aliphatic rings. The van der Waals surface area contributed by atoms with Crippen LogP contribution in [0.4, 0.5) is 5.82 Å². The highest BCUT2D eigenvalue weighted by molar-refractivity contribution is 5.95. The largest absolute Gasteiger partial charge is 0.337 e. The van der Waals surface area contributed by atoms with Gasteiger partial charge in [-0.3, -0.25) is 19.5 Å². The molecule has 0 bridgehead atoms. The lowest BCUT2D eigenvalue weighted by Crippen LogP contribution is -2.39. The number of hydrogen-bond donors (Lipinski definition) is 0. The number of benzene rings is 1. The zero-order valence-corrected chi connectivity index (χ0v) is 18.8. The third kappa shape index (κ3) is 4.35. The maximum atomic E-state index is 12.8. The predicted molar refractivity (Wildman–Crippen MR) is 125 cm³/mol. The summed E-state index contributed by atoms with van der Waals surface area (Å²) < 4.78 is 0. The van der Waals surface area contributed by atoms with Crippen LogP contribution in [0.5, 0.6) is 0 Å². The topological polar surface area (TPSA) is 79.3 Å². The SMILES string of the molecule is Cc1nc(C2CCN(C(=O)c3ccccn3)CC2)nc2c1CCC(=O)N2Cc1ccccc1. The molecule has 2 amide bonds. The second-order valence-electron chi connectivity index (χ2n) is 8.72. The van der Waals surface area contributed by atoms with Crippen molar-refractivity contribution in [2.45, 2.75) is 45.1 Å². The van der Waals surface area contributed by atoms with E-state index in [9.17, 15) is 9.59 Å². The summed E-state index contributed by atoms with van der Waals surface area (Å²) in [6.07, 6.45) is 4.40. The molecule has 2 aromatic heterocycles. The summed E-state index contributed by atoms with van der Waals surface area (Å²) in [5, 5.41) is 0. The summed E-state index contributed by atoms with van der Waals surface area (Å²) in [5.41, 5.74) is 3.58. The highest BCUT2D eigenvalue weighted by atomic mass is 16.2. The van der Waals surface area contributed by atoms with Crippen LogP contribution < -0.4 is 4.90 Å². The van der Waals surface area contributed by atoms with E-state index in [0.29, 0.717) is 38.2 Å². The molecule has 0 N–H and O–H groups in total. The van der Waals surface area contributed by atoms with Crippen molar-refractivity contribution in [1.82, 2.24) is 19.9 Å². The Hall–Kier alpha value is -3.61. The quantitative estimate of drug-likeness (QED) is 0.617. The van der Waals surface area contributed by atoms with Crippen molar-refractivity contribution in [1.29, 1.82) is 0 Å². The van der Waals surface area contributed by atoms with Crippen molar-refractivity contribution in [2.75, 3.05) is 18.0 Å². The van der Waals surface area contributed by atoms with Gasteiger partial charge in [0.05, 0.1) is 6.54 Å². The van der Waals surface area contributed by atoms with Gasteiger partial charge < -0.3 is 4.90 Å². The molecule has 3 aromatic rings. The number of pyridine rings is 1. The highest BCUT2D eigenvalue weighted by Gasteiger charge is 2.31. The molecule has 33 heavy (non-hydrogen) atoms. The lowest BCUT2D eigenvalue weighted by Gasteiger charge is -2.33. The van der Waals surface area contributed by atoms with Crippen molar-refractivity contribution >= 4 is 17.6 Å². The van der Waals surface area contributed by atoms with Gasteiger partial charge in [0, 0.05) is 42.9 Å². The summed E-state index contributed by atoms with van der Waals surface area (Å²) in [6, 6.07) is 15.4. The number of aryl methyl sites for hydroxylation is 1. The van der Waals surface area contributed by atoms with E-state index in [1.807, 2.05) is 59.2 Å². The van der Waals surface area contributed by atoms with Gasteiger partial charge in [-0.15, -0.1) is 0 Å². The Labute approximate surface area is 193 Å². The molecule has 1 saturated heterocycles. The standard InChI is InChI=1S/C26H27N5O2/c1-18-21-10-11-23(32)31(17-19-7-3-2-4-8-19)25(21)29-24(28-18)20-12-15-30(16-13-20)26(33)22-9-5-6-14-27-22/h2-9,14,20H,10-13,15-17H2,1H3. The van der Waals surface area contributed by atoms with Gasteiger partial charge >= 0.3 is 0 Å². The minimum absolute atomic E-state index is 0.0313. The van der Waals surface area contributed by atoms with Gasteiger partial charge in [-0.1, -0.05) is 36.4 Å². The lowest BCUT2D eigenvalue weighted by molar-refractivity contribution is -0.119. The molecular weight excluding hydrogens is 414 g/mol. The average Bonchev–Trinajstić information content (AvgIpc) is 2.86. The fraction of sp³-hybridized carbons (Fsp3) is 0.346. The van der Waals surface area contributed by atoms with Crippen LogP contribution in [-0.4, -0.2) is 44.8 Å². The molecule has 0 aliphatic carbocycles. The van der Waals surface area contributed by atoms with Gasteiger partial charge in [-0.25, -0.2) is 9.97 Å². The van der Waals surface area contributed by atoms with Crippen LogP contribution in [0.15, 0.2) is 54.7 Å². The molecule has 168 valence electrons. The number of likely N-dealkylation sites (tertiary alicyclic amines) is 1. The lowest BCUT2D eigenvalue weighted by atomic mass is 9.94. The van der Waals surface area contributed by atoms with Crippen molar-refractivity contribution in [3.63, 3.8) is 0 Å². The molecule has 0 atom stereocenters. The van der Waals surface area contributed by atoms with Gasteiger partial charge in [-0.05, 0) is 43.9 Å². The number of piperidine rings is 1. The fourth-order valence-electron chi connectivity index (χ4n) is 4.71. The number of carbonyl (C=O) groups excluding carboxylic acids is 2. The molecule has 0 unspecified atom stereocenters. The van der Waals surface area contributed by atoms with Crippen LogP contribution in [0.2, 0.25) is 0 Å². The highest BCUT2D eigenvalue weighted by Crippen LogP contribution is 2.33. The van der Waals surface area contributed by atoms with E-state index in [-0.39, 0.29) is 17.7 Å². The molecule has 1 aromatic carbocycles. The van der Waals surface area contributed by atoms with Crippen LogP contribution in [0.3, 0.4) is 0 Å². The van der Waals surface area contributed by atoms with E-state index in [0.717, 1.165) is 41.3 Å². The molecule has 7 heteroatoms. The molecule has 2 aliphatic heterocycles. The summed E-state index contributed by atoms with van der Waals surface area (Å²) in [4.78, 5) is 43.2. The maximum Gasteiger partial charge on any atom is 0.272 e. The summed E-state index contributed by atoms with van der Waals surface area (Å²) in [7, 11) is 0. The Morgan fingerprint density at radius 3 is 2.48 bits per heavy atom. The Morgan fingerprint density at radius 2 is 1.76 bits per heavy atom. The third-order valence-electron chi connectivity index (χ3n) is 6.57. The number of nitrogens with zero attached hydrogens (tertiary/aromatic N) is 5. The number of amides is 2. The number of aromatic nitrogens is 3. The minimum Gasteiger partial charge on any atom is -0.337 e. The summed E-state index contributed by atoms with van der Waals surface area (Å²) >= 11 is 0. The molecule has 0 spiro atoms. The van der Waals surface area contributed by atoms with Crippen LogP contribution in [0.25, 0.3) is 0 Å². The van der Waals surface area contributed by atoms with Gasteiger partial charge in [0.25, 0.3) is 5.91 Å². The molecule has 0 radical (unpaired) electrons. The van der Waals surface area contributed by atoms with E-state index in [1.165, 1.54) is 0 Å². The molecule has 4 heterocycles. The van der Waals surface area contributed by atoms with Crippen molar-refractivity contribution in [3.8, 4) is 0 Å². The van der Waals surface area contributed by atoms with Crippen molar-refractivity contribution < 1.29 is 9.59 Å². The molecule has 0 saturated carbocycles. The Morgan fingerprint density at radius 1 is 1.00 bits per heavy atom. The number of fused-ring (bicyclic) bond motifs is 1. The smallest absolute Gasteiger partial charge is 0.272 e. The zero-order valence-electron chi connectivity index (χ0n) is 18.8. The number of rotatable bonds is 4. The monoisotopic (exact) mass is 441 g/mol. The number of carbonyl (C=O) groups is 2. The van der Waals surface area contributed by atoms with Crippen LogP contribution in [-0.2, 0) is 17.8 Å². The first-order valence-electron chi connectivity index (χ1n) is 11.5. The van der Waals surface area contributed by atoms with E-state index >= 15 is 0 Å². The van der Waals surface area contributed by atoms with Crippen LogP contribution in [0.1, 0.15) is 58.3 Å². The zero-order chi connectivity index (χ0) is 22.8. The Bertz CT molecular complexity index is 1160. The second kappa shape index (κ2) is 9.10. The average molecular weight is 442 g/mol. The molecule has 7 nitrogen and oxygen atoms in total. The first-order chi connectivity index (χ1) is 16.1. The van der Waals surface area contributed by atoms with E-state index in [1.54, 1.807) is 12.3 Å². The predicted octanol–water partition coefficient (Wildman–Crippen LogP) is 3.68. The number of anilines is 1. The van der Waals surface area contributed by atoms with Gasteiger partial charge in [0.2, 0.25) is 5.91 Å². The number of hydrogen-bond acceptors (Lipinski definition) is 5. The molecule has 1 fully saturated rings. The maximum absolute atomic E-state index is 12.8. The van der Waals surface area contributed by atoms with E-state index in [2.05, 4.69) is 4.98 Å². The van der Waals surface area contributed by atoms with Gasteiger partial charge in [-0.2, -0.15) is 0 Å².